The predicted octanol–water partition coefficient (Wildman–Crippen LogP) is 4.29. The Labute approximate surface area is 203 Å². The lowest BCUT2D eigenvalue weighted by Crippen LogP contribution is -2.20. The van der Waals surface area contributed by atoms with Gasteiger partial charge in [-0.05, 0) is 36.4 Å². The number of carbonyl (C=O) groups excluding carboxylic acids is 1. The molecular formula is C27H26N4O4. The summed E-state index contributed by atoms with van der Waals surface area (Å²) in [5.41, 5.74) is 4.06. The quantitative estimate of drug-likeness (QED) is 0.367. The minimum Gasteiger partial charge on any atom is -0.496 e. The van der Waals surface area contributed by atoms with Crippen molar-refractivity contribution >= 4 is 12.0 Å². The minimum absolute atomic E-state index is 0.255. The van der Waals surface area contributed by atoms with E-state index in [2.05, 4.69) is 10.3 Å². The SMILES string of the molecule is COc1cc(OC)c(OC)cc1CNC(=O)/C=C/c1cn(-c2ccccc2)nc1-c1cccnc1. The van der Waals surface area contributed by atoms with Crippen molar-refractivity contribution in [3.63, 3.8) is 0 Å². The van der Waals surface area contributed by atoms with Gasteiger partial charge >= 0.3 is 0 Å². The third kappa shape index (κ3) is 5.50. The van der Waals surface area contributed by atoms with E-state index in [0.717, 1.165) is 28.1 Å². The van der Waals surface area contributed by atoms with E-state index in [1.807, 2.05) is 48.7 Å². The number of carbonyl (C=O) groups is 1. The molecule has 0 radical (unpaired) electrons. The van der Waals surface area contributed by atoms with Gasteiger partial charge in [-0.25, -0.2) is 4.68 Å². The average molecular weight is 471 g/mol. The summed E-state index contributed by atoms with van der Waals surface area (Å²) in [6.45, 7) is 0.255. The van der Waals surface area contributed by atoms with Crippen LogP contribution < -0.4 is 19.5 Å². The van der Waals surface area contributed by atoms with Gasteiger partial charge in [-0.1, -0.05) is 18.2 Å². The van der Waals surface area contributed by atoms with E-state index in [9.17, 15) is 4.79 Å². The number of para-hydroxylation sites is 1. The van der Waals surface area contributed by atoms with Crippen LogP contribution in [0.1, 0.15) is 11.1 Å². The van der Waals surface area contributed by atoms with Gasteiger partial charge in [-0.2, -0.15) is 5.10 Å². The summed E-state index contributed by atoms with van der Waals surface area (Å²) in [4.78, 5) is 16.9. The summed E-state index contributed by atoms with van der Waals surface area (Å²) < 4.78 is 17.9. The normalized spacial score (nSPS) is 10.8. The standard InChI is InChI=1S/C27H26N4O4/c1-33-23-15-25(35-3)24(34-2)14-21(23)17-29-26(32)12-11-20-18-31(22-9-5-4-6-10-22)30-27(20)19-8-7-13-28-16-19/h4-16,18H,17H2,1-3H3,(H,29,32)/b12-11+. The van der Waals surface area contributed by atoms with Crippen molar-refractivity contribution in [3.05, 3.63) is 90.4 Å². The number of nitrogens with one attached hydrogen (secondary N) is 1. The molecule has 0 unspecified atom stereocenters. The van der Waals surface area contributed by atoms with Crippen LogP contribution in [-0.2, 0) is 11.3 Å². The Morgan fingerprint density at radius 3 is 2.40 bits per heavy atom. The number of hydrogen-bond acceptors (Lipinski definition) is 6. The van der Waals surface area contributed by atoms with Gasteiger partial charge in [0.15, 0.2) is 11.5 Å². The zero-order valence-electron chi connectivity index (χ0n) is 19.8. The first kappa shape index (κ1) is 23.6. The first-order valence-corrected chi connectivity index (χ1v) is 10.9. The molecule has 1 amide bonds. The molecule has 2 heterocycles. The molecule has 8 nitrogen and oxygen atoms in total. The average Bonchev–Trinajstić information content (AvgIpc) is 3.35. The number of benzene rings is 2. The minimum atomic E-state index is -0.258. The molecule has 0 fully saturated rings. The highest BCUT2D eigenvalue weighted by molar-refractivity contribution is 5.92. The van der Waals surface area contributed by atoms with Crippen molar-refractivity contribution in [2.45, 2.75) is 6.54 Å². The molecule has 0 aliphatic carbocycles. The van der Waals surface area contributed by atoms with Crippen LogP contribution in [-0.4, -0.2) is 42.0 Å². The smallest absolute Gasteiger partial charge is 0.244 e. The Kier molecular flexibility index (Phi) is 7.42. The van der Waals surface area contributed by atoms with Gasteiger partial charge in [-0.15, -0.1) is 0 Å². The zero-order valence-corrected chi connectivity index (χ0v) is 19.8. The number of hydrogen-bond donors (Lipinski definition) is 1. The summed E-state index contributed by atoms with van der Waals surface area (Å²) in [7, 11) is 4.69. The molecule has 0 atom stereocenters. The third-order valence-corrected chi connectivity index (χ3v) is 5.35. The molecule has 2 aromatic heterocycles. The van der Waals surface area contributed by atoms with E-state index in [1.165, 1.54) is 6.08 Å². The maximum Gasteiger partial charge on any atom is 0.244 e. The topological polar surface area (TPSA) is 87.5 Å². The first-order chi connectivity index (χ1) is 17.1. The van der Waals surface area contributed by atoms with E-state index in [-0.39, 0.29) is 12.5 Å². The molecule has 0 spiro atoms. The van der Waals surface area contributed by atoms with E-state index >= 15 is 0 Å². The van der Waals surface area contributed by atoms with Crippen molar-refractivity contribution < 1.29 is 19.0 Å². The Morgan fingerprint density at radius 1 is 0.971 bits per heavy atom. The van der Waals surface area contributed by atoms with Crippen molar-refractivity contribution in [3.8, 4) is 34.2 Å². The number of pyridine rings is 1. The Morgan fingerprint density at radius 2 is 1.71 bits per heavy atom. The molecule has 4 aromatic rings. The number of nitrogens with zero attached hydrogens (tertiary/aromatic N) is 3. The fraction of sp³-hybridized carbons (Fsp3) is 0.148. The zero-order chi connectivity index (χ0) is 24.6. The maximum absolute atomic E-state index is 12.7. The van der Waals surface area contributed by atoms with Crippen LogP contribution in [0.25, 0.3) is 23.0 Å². The second kappa shape index (κ2) is 11.0. The van der Waals surface area contributed by atoms with Gasteiger partial charge in [0.2, 0.25) is 5.91 Å². The largest absolute Gasteiger partial charge is 0.496 e. The Balaban J connectivity index is 1.55. The molecule has 0 aliphatic rings. The first-order valence-electron chi connectivity index (χ1n) is 10.9. The van der Waals surface area contributed by atoms with Gasteiger partial charge in [0.1, 0.15) is 11.4 Å². The van der Waals surface area contributed by atoms with Crippen LogP contribution in [0.4, 0.5) is 0 Å². The summed E-state index contributed by atoms with van der Waals surface area (Å²) in [6, 6.07) is 17.1. The molecule has 8 heteroatoms. The number of ether oxygens (including phenoxy) is 3. The highest BCUT2D eigenvalue weighted by Crippen LogP contribution is 2.34. The number of rotatable bonds is 9. The van der Waals surface area contributed by atoms with Crippen LogP contribution in [0.2, 0.25) is 0 Å². The highest BCUT2D eigenvalue weighted by Gasteiger charge is 2.13. The summed E-state index contributed by atoms with van der Waals surface area (Å²) in [6.07, 6.45) is 8.58. The van der Waals surface area contributed by atoms with Gasteiger partial charge in [0.25, 0.3) is 0 Å². The van der Waals surface area contributed by atoms with E-state index in [4.69, 9.17) is 19.3 Å². The molecular weight excluding hydrogens is 444 g/mol. The van der Waals surface area contributed by atoms with Gasteiger partial charge in [0.05, 0.1) is 27.0 Å². The highest BCUT2D eigenvalue weighted by atomic mass is 16.5. The molecule has 0 bridgehead atoms. The van der Waals surface area contributed by atoms with Gasteiger partial charge in [-0.3, -0.25) is 9.78 Å². The molecule has 35 heavy (non-hydrogen) atoms. The molecule has 4 rings (SSSR count). The summed E-state index contributed by atoms with van der Waals surface area (Å²) in [5.74, 6) is 1.45. The van der Waals surface area contributed by atoms with Crippen LogP contribution in [0, 0.1) is 0 Å². The van der Waals surface area contributed by atoms with Crippen molar-refractivity contribution in [2.75, 3.05) is 21.3 Å². The molecule has 0 aliphatic heterocycles. The summed E-state index contributed by atoms with van der Waals surface area (Å²) >= 11 is 0. The molecule has 0 saturated carbocycles. The fourth-order valence-electron chi connectivity index (χ4n) is 3.59. The molecule has 0 saturated heterocycles. The number of aromatic nitrogens is 3. The lowest BCUT2D eigenvalue weighted by atomic mass is 10.1. The second-order valence-electron chi connectivity index (χ2n) is 7.53. The van der Waals surface area contributed by atoms with Crippen LogP contribution in [0.15, 0.2) is 79.3 Å². The Hall–Kier alpha value is -4.59. The number of amides is 1. The molecule has 178 valence electrons. The molecule has 2 aromatic carbocycles. The van der Waals surface area contributed by atoms with E-state index in [1.54, 1.807) is 56.6 Å². The Bertz CT molecular complexity index is 1320. The van der Waals surface area contributed by atoms with Crippen LogP contribution >= 0.6 is 0 Å². The van der Waals surface area contributed by atoms with E-state index in [0.29, 0.717) is 17.2 Å². The monoisotopic (exact) mass is 470 g/mol. The van der Waals surface area contributed by atoms with E-state index < -0.39 is 0 Å². The van der Waals surface area contributed by atoms with Crippen molar-refractivity contribution in [1.29, 1.82) is 0 Å². The lowest BCUT2D eigenvalue weighted by Gasteiger charge is -2.14. The lowest BCUT2D eigenvalue weighted by molar-refractivity contribution is -0.116. The van der Waals surface area contributed by atoms with Crippen molar-refractivity contribution in [2.24, 2.45) is 0 Å². The fourth-order valence-corrected chi connectivity index (χ4v) is 3.59. The second-order valence-corrected chi connectivity index (χ2v) is 7.53. The van der Waals surface area contributed by atoms with Gasteiger partial charge in [0, 0.05) is 54.0 Å². The van der Waals surface area contributed by atoms with Crippen LogP contribution in [0.5, 0.6) is 17.2 Å². The van der Waals surface area contributed by atoms with Crippen molar-refractivity contribution in [1.82, 2.24) is 20.1 Å². The maximum atomic E-state index is 12.7. The third-order valence-electron chi connectivity index (χ3n) is 5.35. The van der Waals surface area contributed by atoms with Crippen LogP contribution in [0.3, 0.4) is 0 Å². The summed E-state index contributed by atoms with van der Waals surface area (Å²) in [5, 5.41) is 7.62. The number of methoxy groups -OCH3 is 3. The van der Waals surface area contributed by atoms with Gasteiger partial charge < -0.3 is 19.5 Å². The molecule has 1 N–H and O–H groups in total. The predicted molar refractivity (Wildman–Crippen MR) is 134 cm³/mol.